The molecule has 25 heavy (non-hydrogen) atoms. The van der Waals surface area contributed by atoms with E-state index in [2.05, 4.69) is 29.3 Å². The van der Waals surface area contributed by atoms with E-state index < -0.39 is 0 Å². The van der Waals surface area contributed by atoms with E-state index in [0.29, 0.717) is 6.04 Å². The molecule has 2 fully saturated rings. The fourth-order valence-corrected chi connectivity index (χ4v) is 3.52. The van der Waals surface area contributed by atoms with E-state index in [4.69, 9.17) is 10.5 Å². The number of anilines is 1. The van der Waals surface area contributed by atoms with Gasteiger partial charge in [0.05, 0.1) is 13.2 Å². The molecule has 0 aromatic heterocycles. The van der Waals surface area contributed by atoms with Crippen molar-refractivity contribution in [2.75, 3.05) is 31.6 Å². The van der Waals surface area contributed by atoms with Gasteiger partial charge in [0.1, 0.15) is 0 Å². The molecule has 1 amide bonds. The standard InChI is InChI=1S/C18H27N3O2.2ClH/c1-13(21-8-10-23-11-9-21)14-3-6-17(7-4-14)20-18(22)15-2-5-16(19)12-15;;/h3-4,6-7,13,15-16H,2,5,8-12,19H2,1H3,(H,20,22);2*1H. The molecule has 1 aromatic rings. The first-order valence-electron chi connectivity index (χ1n) is 8.61. The predicted octanol–water partition coefficient (Wildman–Crippen LogP) is 2.99. The zero-order chi connectivity index (χ0) is 16.2. The quantitative estimate of drug-likeness (QED) is 0.830. The molecular weight excluding hydrogens is 361 g/mol. The first-order valence-corrected chi connectivity index (χ1v) is 8.61. The summed E-state index contributed by atoms with van der Waals surface area (Å²) in [5, 5.41) is 3.02. The van der Waals surface area contributed by atoms with Crippen LogP contribution in [0.2, 0.25) is 0 Å². The number of hydrogen-bond donors (Lipinski definition) is 2. The minimum absolute atomic E-state index is 0. The van der Waals surface area contributed by atoms with E-state index in [9.17, 15) is 4.79 Å². The van der Waals surface area contributed by atoms with Gasteiger partial charge < -0.3 is 15.8 Å². The number of hydrogen-bond acceptors (Lipinski definition) is 4. The van der Waals surface area contributed by atoms with E-state index in [0.717, 1.165) is 51.3 Å². The van der Waals surface area contributed by atoms with Crippen LogP contribution in [0.3, 0.4) is 0 Å². The summed E-state index contributed by atoms with van der Waals surface area (Å²) >= 11 is 0. The lowest BCUT2D eigenvalue weighted by Gasteiger charge is -2.32. The highest BCUT2D eigenvalue weighted by atomic mass is 35.5. The molecule has 3 N–H and O–H groups in total. The molecule has 7 heteroatoms. The molecule has 0 bridgehead atoms. The maximum atomic E-state index is 12.2. The molecule has 1 saturated carbocycles. The topological polar surface area (TPSA) is 67.6 Å². The van der Waals surface area contributed by atoms with Crippen LogP contribution in [0.25, 0.3) is 0 Å². The summed E-state index contributed by atoms with van der Waals surface area (Å²) in [4.78, 5) is 14.7. The van der Waals surface area contributed by atoms with Gasteiger partial charge in [-0.15, -0.1) is 24.8 Å². The molecule has 1 aliphatic heterocycles. The molecule has 3 unspecified atom stereocenters. The molecule has 3 atom stereocenters. The van der Waals surface area contributed by atoms with Gasteiger partial charge in [0, 0.05) is 36.8 Å². The zero-order valence-electron chi connectivity index (χ0n) is 14.6. The first kappa shape index (κ1) is 22.2. The summed E-state index contributed by atoms with van der Waals surface area (Å²) in [6.45, 7) is 5.78. The SMILES string of the molecule is CC(c1ccc(NC(=O)C2CCC(N)C2)cc1)N1CCOCC1.Cl.Cl. The van der Waals surface area contributed by atoms with E-state index >= 15 is 0 Å². The Labute approximate surface area is 162 Å². The largest absolute Gasteiger partial charge is 0.379 e. The van der Waals surface area contributed by atoms with Gasteiger partial charge in [-0.2, -0.15) is 0 Å². The monoisotopic (exact) mass is 389 g/mol. The maximum Gasteiger partial charge on any atom is 0.227 e. The van der Waals surface area contributed by atoms with Gasteiger partial charge in [0.2, 0.25) is 5.91 Å². The number of rotatable bonds is 4. The van der Waals surface area contributed by atoms with Crippen LogP contribution < -0.4 is 11.1 Å². The van der Waals surface area contributed by atoms with Crippen molar-refractivity contribution in [3.05, 3.63) is 29.8 Å². The average molecular weight is 390 g/mol. The third-order valence-electron chi connectivity index (χ3n) is 5.10. The Hall–Kier alpha value is -0.850. The molecule has 1 heterocycles. The average Bonchev–Trinajstić information content (AvgIpc) is 3.02. The summed E-state index contributed by atoms with van der Waals surface area (Å²) < 4.78 is 5.41. The highest BCUT2D eigenvalue weighted by Crippen LogP contribution is 2.26. The fraction of sp³-hybridized carbons (Fsp3) is 0.611. The van der Waals surface area contributed by atoms with Crippen molar-refractivity contribution < 1.29 is 9.53 Å². The number of carbonyl (C=O) groups is 1. The number of morpholine rings is 1. The number of nitrogens with two attached hydrogens (primary N) is 1. The smallest absolute Gasteiger partial charge is 0.227 e. The van der Waals surface area contributed by atoms with Gasteiger partial charge in [-0.1, -0.05) is 12.1 Å². The second-order valence-electron chi connectivity index (χ2n) is 6.71. The molecular formula is C18H29Cl2N3O2. The molecule has 3 rings (SSSR count). The van der Waals surface area contributed by atoms with Crippen LogP contribution in [-0.2, 0) is 9.53 Å². The minimum atomic E-state index is 0. The maximum absolute atomic E-state index is 12.2. The number of halogens is 2. The fourth-order valence-electron chi connectivity index (χ4n) is 3.52. The van der Waals surface area contributed by atoms with Gasteiger partial charge in [-0.3, -0.25) is 9.69 Å². The van der Waals surface area contributed by atoms with Crippen molar-refractivity contribution in [3.63, 3.8) is 0 Å². The van der Waals surface area contributed by atoms with Crippen LogP contribution >= 0.6 is 24.8 Å². The van der Waals surface area contributed by atoms with Crippen molar-refractivity contribution in [2.24, 2.45) is 11.7 Å². The summed E-state index contributed by atoms with van der Waals surface area (Å²) in [7, 11) is 0. The van der Waals surface area contributed by atoms with Gasteiger partial charge in [0.25, 0.3) is 0 Å². The number of nitrogens with one attached hydrogen (secondary N) is 1. The lowest BCUT2D eigenvalue weighted by Crippen LogP contribution is -2.38. The lowest BCUT2D eigenvalue weighted by atomic mass is 10.0. The Balaban J connectivity index is 0.00000156. The third kappa shape index (κ3) is 5.83. The van der Waals surface area contributed by atoms with Crippen LogP contribution in [0.5, 0.6) is 0 Å². The van der Waals surface area contributed by atoms with Crippen molar-refractivity contribution in [1.29, 1.82) is 0 Å². The van der Waals surface area contributed by atoms with E-state index in [1.807, 2.05) is 12.1 Å². The van der Waals surface area contributed by atoms with Crippen LogP contribution in [0.4, 0.5) is 5.69 Å². The first-order chi connectivity index (χ1) is 11.1. The molecule has 0 spiro atoms. The van der Waals surface area contributed by atoms with Gasteiger partial charge >= 0.3 is 0 Å². The predicted molar refractivity (Wildman–Crippen MR) is 106 cm³/mol. The van der Waals surface area contributed by atoms with Gasteiger partial charge in [-0.05, 0) is 43.9 Å². The summed E-state index contributed by atoms with van der Waals surface area (Å²) in [5.41, 5.74) is 8.03. The lowest BCUT2D eigenvalue weighted by molar-refractivity contribution is -0.119. The Bertz CT molecular complexity index is 536. The molecule has 5 nitrogen and oxygen atoms in total. The van der Waals surface area contributed by atoms with Gasteiger partial charge in [0.15, 0.2) is 0 Å². The Morgan fingerprint density at radius 2 is 1.84 bits per heavy atom. The highest BCUT2D eigenvalue weighted by molar-refractivity contribution is 5.92. The Kier molecular flexibility index (Phi) is 9.17. The van der Waals surface area contributed by atoms with E-state index in [1.165, 1.54) is 5.56 Å². The molecule has 1 saturated heterocycles. The number of amides is 1. The summed E-state index contributed by atoms with van der Waals surface area (Å²) in [5.74, 6) is 0.170. The highest BCUT2D eigenvalue weighted by Gasteiger charge is 2.27. The molecule has 1 aliphatic carbocycles. The van der Waals surface area contributed by atoms with Crippen LogP contribution in [0, 0.1) is 5.92 Å². The summed E-state index contributed by atoms with van der Waals surface area (Å²) in [6, 6.07) is 8.77. The molecule has 2 aliphatic rings. The van der Waals surface area contributed by atoms with Crippen molar-refractivity contribution in [1.82, 2.24) is 4.90 Å². The Morgan fingerprint density at radius 3 is 2.40 bits per heavy atom. The second kappa shape index (κ2) is 10.3. The van der Waals surface area contributed by atoms with Crippen LogP contribution in [0.15, 0.2) is 24.3 Å². The number of nitrogens with zero attached hydrogens (tertiary/aromatic N) is 1. The number of benzene rings is 1. The molecule has 1 aromatic carbocycles. The van der Waals surface area contributed by atoms with Gasteiger partial charge in [-0.25, -0.2) is 0 Å². The molecule has 142 valence electrons. The summed E-state index contributed by atoms with van der Waals surface area (Å²) in [6.07, 6.45) is 2.66. The zero-order valence-corrected chi connectivity index (χ0v) is 16.3. The van der Waals surface area contributed by atoms with E-state index in [1.54, 1.807) is 0 Å². The van der Waals surface area contributed by atoms with Crippen LogP contribution in [-0.4, -0.2) is 43.2 Å². The number of ether oxygens (including phenoxy) is 1. The van der Waals surface area contributed by atoms with Crippen molar-refractivity contribution in [2.45, 2.75) is 38.3 Å². The Morgan fingerprint density at radius 1 is 1.20 bits per heavy atom. The van der Waals surface area contributed by atoms with E-state index in [-0.39, 0.29) is 42.7 Å². The van der Waals surface area contributed by atoms with Crippen molar-refractivity contribution >= 4 is 36.4 Å². The second-order valence-corrected chi connectivity index (χ2v) is 6.71. The minimum Gasteiger partial charge on any atom is -0.379 e. The molecule has 0 radical (unpaired) electrons. The van der Waals surface area contributed by atoms with Crippen molar-refractivity contribution in [3.8, 4) is 0 Å². The normalized spacial score (nSPS) is 24.7. The van der Waals surface area contributed by atoms with Crippen LogP contribution in [0.1, 0.15) is 37.8 Å². The third-order valence-corrected chi connectivity index (χ3v) is 5.10. The number of carbonyl (C=O) groups excluding carboxylic acids is 1.